The highest BCUT2D eigenvalue weighted by Crippen LogP contribution is 2.46. The minimum atomic E-state index is -0.218. The molecule has 10 nitrogen and oxygen atoms in total. The summed E-state index contributed by atoms with van der Waals surface area (Å²) in [5.41, 5.74) is 4.76. The van der Waals surface area contributed by atoms with Gasteiger partial charge in [-0.1, -0.05) is 6.07 Å². The number of benzene rings is 1. The van der Waals surface area contributed by atoms with E-state index in [0.29, 0.717) is 35.6 Å². The molecule has 4 atom stereocenters. The summed E-state index contributed by atoms with van der Waals surface area (Å²) < 4.78 is 5.22. The summed E-state index contributed by atoms with van der Waals surface area (Å²) in [5.74, 6) is 11.3. The zero-order valence-electron chi connectivity index (χ0n) is 20.3. The number of hydrogen-bond donors (Lipinski definition) is 2. The van der Waals surface area contributed by atoms with Crippen LogP contribution in [-0.2, 0) is 17.8 Å². The van der Waals surface area contributed by atoms with Crippen LogP contribution in [0, 0.1) is 6.92 Å². The molecule has 36 heavy (non-hydrogen) atoms. The number of nitrogens with two attached hydrogens (primary N) is 2. The number of cyclic esters (lactones) is 1. The number of rotatable bonds is 6. The lowest BCUT2D eigenvalue weighted by molar-refractivity contribution is 0.0107. The van der Waals surface area contributed by atoms with Crippen molar-refractivity contribution in [2.24, 2.45) is 16.8 Å². The van der Waals surface area contributed by atoms with Crippen molar-refractivity contribution in [3.8, 4) is 0 Å². The molecule has 188 valence electrons. The standard InChI is InChI=1S/C26H31N7O3/c1-15-16(2-4-18-19(15)13-36-26(18)35)10-11-31-20-5-6-21(31)23-8-7-22(20)33(23)25(34)17-3-9-24(29-12-17)32(28)14-30-27/h2-4,9,12,14,20-23H,5-8,10-11,13,27-28H2,1H3/b30-14-. The van der Waals surface area contributed by atoms with Gasteiger partial charge in [-0.2, -0.15) is 5.10 Å². The Bertz CT molecular complexity index is 1210. The van der Waals surface area contributed by atoms with Gasteiger partial charge in [0.25, 0.3) is 5.91 Å². The molecular weight excluding hydrogens is 458 g/mol. The maximum Gasteiger partial charge on any atom is 0.338 e. The second kappa shape index (κ2) is 8.86. The summed E-state index contributed by atoms with van der Waals surface area (Å²) in [7, 11) is 0. The Morgan fingerprint density at radius 2 is 1.89 bits per heavy atom. The van der Waals surface area contributed by atoms with Crippen molar-refractivity contribution in [3.05, 3.63) is 58.3 Å². The number of fused-ring (bicyclic) bond motifs is 7. The Morgan fingerprint density at radius 1 is 1.17 bits per heavy atom. The van der Waals surface area contributed by atoms with Crippen molar-refractivity contribution >= 4 is 24.0 Å². The molecular formula is C26H31N7O3. The van der Waals surface area contributed by atoms with Gasteiger partial charge in [-0.3, -0.25) is 9.69 Å². The zero-order valence-corrected chi connectivity index (χ0v) is 20.3. The van der Waals surface area contributed by atoms with E-state index in [1.54, 1.807) is 18.3 Å². The molecule has 3 fully saturated rings. The number of ether oxygens (including phenoxy) is 1. The maximum absolute atomic E-state index is 13.6. The SMILES string of the molecule is Cc1c(CCN2C3CCC2C2CCC3N2C(=O)c2ccc(N(N)/C=N\N)nc2)ccc2c1COC2=O. The van der Waals surface area contributed by atoms with E-state index in [9.17, 15) is 9.59 Å². The third-order valence-corrected chi connectivity index (χ3v) is 8.57. The minimum Gasteiger partial charge on any atom is -0.457 e. The Kier molecular flexibility index (Phi) is 5.65. The predicted octanol–water partition coefficient (Wildman–Crippen LogP) is 1.71. The molecule has 4 unspecified atom stereocenters. The fourth-order valence-electron chi connectivity index (χ4n) is 6.86. The van der Waals surface area contributed by atoms with E-state index >= 15 is 0 Å². The molecule has 10 heteroatoms. The summed E-state index contributed by atoms with van der Waals surface area (Å²) in [6.07, 6.45) is 8.11. The first-order valence-electron chi connectivity index (χ1n) is 12.6. The Balaban J connectivity index is 1.17. The summed E-state index contributed by atoms with van der Waals surface area (Å²) in [6.45, 7) is 3.44. The van der Waals surface area contributed by atoms with E-state index in [1.165, 1.54) is 22.5 Å². The van der Waals surface area contributed by atoms with Gasteiger partial charge in [0.2, 0.25) is 0 Å². The quantitative estimate of drug-likeness (QED) is 0.206. The fourth-order valence-corrected chi connectivity index (χ4v) is 6.86. The topological polar surface area (TPSA) is 130 Å². The lowest BCUT2D eigenvalue weighted by Crippen LogP contribution is -2.62. The highest BCUT2D eigenvalue weighted by Gasteiger charge is 2.56. The zero-order chi connectivity index (χ0) is 25.0. The molecule has 0 spiro atoms. The van der Waals surface area contributed by atoms with Crippen LogP contribution in [-0.4, -0.2) is 63.7 Å². The molecule has 1 aromatic heterocycles. The van der Waals surface area contributed by atoms with Gasteiger partial charge < -0.3 is 15.5 Å². The normalized spacial score (nSPS) is 26.5. The lowest BCUT2D eigenvalue weighted by Gasteiger charge is -2.47. The van der Waals surface area contributed by atoms with Gasteiger partial charge in [-0.15, -0.1) is 0 Å². The first kappa shape index (κ1) is 22.9. The molecule has 1 amide bonds. The van der Waals surface area contributed by atoms with Crippen molar-refractivity contribution in [2.75, 3.05) is 11.6 Å². The van der Waals surface area contributed by atoms with E-state index in [-0.39, 0.29) is 24.0 Å². The first-order valence-corrected chi connectivity index (χ1v) is 12.6. The van der Waals surface area contributed by atoms with Crippen LogP contribution in [0.3, 0.4) is 0 Å². The molecule has 4 aliphatic rings. The molecule has 4 bridgehead atoms. The molecule has 0 saturated carbocycles. The number of hydrazone groups is 1. The van der Waals surface area contributed by atoms with Crippen LogP contribution < -0.4 is 16.7 Å². The third kappa shape index (κ3) is 3.55. The number of carbonyl (C=O) groups is 2. The van der Waals surface area contributed by atoms with E-state index in [2.05, 4.69) is 32.9 Å². The second-order valence-electron chi connectivity index (χ2n) is 10.2. The van der Waals surface area contributed by atoms with Crippen molar-refractivity contribution in [2.45, 2.75) is 69.8 Å². The molecule has 6 rings (SSSR count). The smallest absolute Gasteiger partial charge is 0.338 e. The van der Waals surface area contributed by atoms with Crippen LogP contribution in [0.25, 0.3) is 0 Å². The average Bonchev–Trinajstić information content (AvgIpc) is 3.54. The number of piperazine rings is 1. The van der Waals surface area contributed by atoms with Crippen LogP contribution in [0.5, 0.6) is 0 Å². The number of hydrazine groups is 1. The first-order chi connectivity index (χ1) is 17.5. The fraction of sp³-hybridized carbons (Fsp3) is 0.462. The van der Waals surface area contributed by atoms with Crippen molar-refractivity contribution in [1.82, 2.24) is 14.8 Å². The van der Waals surface area contributed by atoms with Gasteiger partial charge in [-0.05, 0) is 68.4 Å². The molecule has 1 aromatic carbocycles. The molecule has 0 aliphatic carbocycles. The van der Waals surface area contributed by atoms with Crippen LogP contribution in [0.4, 0.5) is 5.82 Å². The minimum absolute atomic E-state index is 0.0493. The average molecular weight is 490 g/mol. The molecule has 5 heterocycles. The summed E-state index contributed by atoms with van der Waals surface area (Å²) in [4.78, 5) is 34.6. The number of carbonyl (C=O) groups excluding carboxylic acids is 2. The number of aromatic nitrogens is 1. The number of hydrogen-bond acceptors (Lipinski definition) is 8. The lowest BCUT2D eigenvalue weighted by atomic mass is 9.96. The number of esters is 1. The third-order valence-electron chi connectivity index (χ3n) is 8.57. The van der Waals surface area contributed by atoms with Gasteiger partial charge in [-0.25, -0.2) is 20.6 Å². The molecule has 4 aliphatic heterocycles. The highest BCUT2D eigenvalue weighted by atomic mass is 16.5. The summed E-state index contributed by atoms with van der Waals surface area (Å²) in [5, 5.41) is 4.61. The van der Waals surface area contributed by atoms with E-state index in [1.807, 2.05) is 6.07 Å². The maximum atomic E-state index is 13.6. The highest BCUT2D eigenvalue weighted by molar-refractivity contribution is 5.95. The molecule has 4 N–H and O–H groups in total. The second-order valence-corrected chi connectivity index (χ2v) is 10.2. The monoisotopic (exact) mass is 489 g/mol. The van der Waals surface area contributed by atoms with E-state index in [0.717, 1.165) is 44.2 Å². The van der Waals surface area contributed by atoms with Crippen molar-refractivity contribution in [1.29, 1.82) is 0 Å². The van der Waals surface area contributed by atoms with Gasteiger partial charge in [0.05, 0.1) is 11.1 Å². The van der Waals surface area contributed by atoms with Gasteiger partial charge in [0.15, 0.2) is 0 Å². The number of amides is 1. The number of nitrogens with zero attached hydrogens (tertiary/aromatic N) is 5. The van der Waals surface area contributed by atoms with Crippen LogP contribution in [0.15, 0.2) is 35.6 Å². The van der Waals surface area contributed by atoms with Gasteiger partial charge >= 0.3 is 5.97 Å². The van der Waals surface area contributed by atoms with Crippen LogP contribution in [0.2, 0.25) is 0 Å². The predicted molar refractivity (Wildman–Crippen MR) is 134 cm³/mol. The van der Waals surface area contributed by atoms with E-state index in [4.69, 9.17) is 16.4 Å². The number of pyridine rings is 1. The van der Waals surface area contributed by atoms with Crippen LogP contribution >= 0.6 is 0 Å². The van der Waals surface area contributed by atoms with Crippen molar-refractivity contribution < 1.29 is 14.3 Å². The van der Waals surface area contributed by atoms with Gasteiger partial charge in [0.1, 0.15) is 18.8 Å². The van der Waals surface area contributed by atoms with Crippen molar-refractivity contribution in [3.63, 3.8) is 0 Å². The Labute approximate surface area is 209 Å². The van der Waals surface area contributed by atoms with Crippen LogP contribution in [0.1, 0.15) is 63.1 Å². The largest absolute Gasteiger partial charge is 0.457 e. The summed E-state index contributed by atoms with van der Waals surface area (Å²) in [6, 6.07) is 8.68. The number of anilines is 1. The Morgan fingerprint density at radius 3 is 2.56 bits per heavy atom. The molecule has 2 aromatic rings. The molecule has 0 radical (unpaired) electrons. The summed E-state index contributed by atoms with van der Waals surface area (Å²) >= 11 is 0. The van der Waals surface area contributed by atoms with E-state index < -0.39 is 0 Å². The molecule has 3 saturated heterocycles. The van der Waals surface area contributed by atoms with Gasteiger partial charge in [0, 0.05) is 42.5 Å². The Hall–Kier alpha value is -3.50.